The molecule has 2 aromatic carbocycles. The average molecular weight is 553 g/mol. The van der Waals surface area contributed by atoms with Gasteiger partial charge in [0.25, 0.3) is 5.91 Å². The first kappa shape index (κ1) is 27.4. The number of amides is 1. The van der Waals surface area contributed by atoms with E-state index in [4.69, 9.17) is 4.74 Å². The fourth-order valence-electron chi connectivity index (χ4n) is 4.44. The number of hydrogen-bond acceptors (Lipinski definition) is 7. The van der Waals surface area contributed by atoms with Crippen LogP contribution in [0.2, 0.25) is 0 Å². The quantitative estimate of drug-likeness (QED) is 0.539. The van der Waals surface area contributed by atoms with Crippen molar-refractivity contribution in [2.24, 2.45) is 0 Å². The van der Waals surface area contributed by atoms with Crippen LogP contribution in [0.25, 0.3) is 0 Å². The normalized spacial score (nSPS) is 17.4. The fourth-order valence-corrected chi connectivity index (χ4v) is 6.95. The lowest BCUT2D eigenvalue weighted by atomic mass is 10.00. The number of halogens is 1. The fraction of sp³-hybridized carbons (Fsp3) is 0.500. The van der Waals surface area contributed by atoms with Crippen LogP contribution in [0, 0.1) is 5.82 Å². The second-order valence-corrected chi connectivity index (χ2v) is 14.9. The van der Waals surface area contributed by atoms with Gasteiger partial charge < -0.3 is 14.5 Å². The van der Waals surface area contributed by atoms with E-state index in [9.17, 15) is 26.0 Å². The smallest absolute Gasteiger partial charge is 0.257 e. The zero-order valence-corrected chi connectivity index (χ0v) is 23.2. The van der Waals surface area contributed by atoms with Gasteiger partial charge in [-0.3, -0.25) is 4.79 Å². The van der Waals surface area contributed by atoms with Gasteiger partial charge in [-0.1, -0.05) is 6.42 Å². The van der Waals surface area contributed by atoms with Crippen molar-refractivity contribution in [2.75, 3.05) is 37.3 Å². The third-order valence-electron chi connectivity index (χ3n) is 6.67. The van der Waals surface area contributed by atoms with E-state index < -0.39 is 36.3 Å². The van der Waals surface area contributed by atoms with E-state index in [1.807, 2.05) is 20.8 Å². The Morgan fingerprint density at radius 2 is 1.57 bits per heavy atom. The molecule has 11 heteroatoms. The van der Waals surface area contributed by atoms with Gasteiger partial charge in [-0.2, -0.15) is 0 Å². The molecule has 1 aliphatic carbocycles. The Hall–Kier alpha value is -2.66. The maximum Gasteiger partial charge on any atom is 0.257 e. The number of carbonyl (C=O) groups is 1. The summed E-state index contributed by atoms with van der Waals surface area (Å²) in [5.41, 5.74) is -0.158. The molecule has 0 atom stereocenters. The number of piperazine rings is 1. The van der Waals surface area contributed by atoms with Crippen molar-refractivity contribution < 1.29 is 30.8 Å². The molecule has 202 valence electrons. The Bertz CT molecular complexity index is 1410. The summed E-state index contributed by atoms with van der Waals surface area (Å²) < 4.78 is 70.4. The van der Waals surface area contributed by atoms with Crippen LogP contribution in [0.1, 0.15) is 50.4 Å². The zero-order chi connectivity index (χ0) is 27.2. The van der Waals surface area contributed by atoms with Gasteiger partial charge in [-0.05, 0) is 70.0 Å². The standard InChI is InChI=1S/C26H33FN2O6S2/c1-26(2,3)35-24-11-9-19(36(4,31)32)16-21(24)25(30)29-14-12-28(13-15-29)23-10-8-20(17-22(23)27)37(33,34)18-6-5-7-18/h8-11,16-18H,5-7,12-15H2,1-4H3. The number of anilines is 1. The molecule has 1 heterocycles. The number of carbonyl (C=O) groups excluding carboxylic acids is 1. The second kappa shape index (κ2) is 9.90. The predicted octanol–water partition coefficient (Wildman–Crippen LogP) is 3.70. The average Bonchev–Trinajstić information content (AvgIpc) is 2.75. The van der Waals surface area contributed by atoms with Crippen LogP contribution in [-0.4, -0.2) is 70.9 Å². The minimum atomic E-state index is -3.54. The SMILES string of the molecule is CC(C)(C)Oc1ccc(S(C)(=O)=O)cc1C(=O)N1CCN(c2ccc(S(=O)(=O)C3CCC3)cc2F)CC1. The molecule has 0 spiro atoms. The van der Waals surface area contributed by atoms with Gasteiger partial charge in [0.1, 0.15) is 17.2 Å². The summed E-state index contributed by atoms with van der Waals surface area (Å²) in [4.78, 5) is 16.8. The molecule has 0 aromatic heterocycles. The van der Waals surface area contributed by atoms with Gasteiger partial charge in [-0.15, -0.1) is 0 Å². The lowest BCUT2D eigenvalue weighted by Crippen LogP contribution is -2.49. The molecule has 1 saturated carbocycles. The highest BCUT2D eigenvalue weighted by Gasteiger charge is 2.34. The Morgan fingerprint density at radius 1 is 0.946 bits per heavy atom. The lowest BCUT2D eigenvalue weighted by Gasteiger charge is -2.36. The Labute approximate surface area is 218 Å². The van der Waals surface area contributed by atoms with Gasteiger partial charge in [0.2, 0.25) is 0 Å². The first-order chi connectivity index (χ1) is 17.2. The molecule has 0 unspecified atom stereocenters. The third kappa shape index (κ3) is 5.93. The van der Waals surface area contributed by atoms with Gasteiger partial charge in [0, 0.05) is 32.4 Å². The summed E-state index contributed by atoms with van der Waals surface area (Å²) in [6.07, 6.45) is 3.17. The molecule has 2 aromatic rings. The molecule has 1 aliphatic heterocycles. The van der Waals surface area contributed by atoms with E-state index >= 15 is 0 Å². The van der Waals surface area contributed by atoms with E-state index in [2.05, 4.69) is 0 Å². The van der Waals surface area contributed by atoms with Gasteiger partial charge in [0.05, 0.1) is 26.3 Å². The molecule has 4 rings (SSSR count). The molecule has 8 nitrogen and oxygen atoms in total. The van der Waals surface area contributed by atoms with Crippen molar-refractivity contribution in [3.05, 3.63) is 47.8 Å². The maximum atomic E-state index is 15.0. The Kier molecular flexibility index (Phi) is 7.33. The number of nitrogens with zero attached hydrogens (tertiary/aromatic N) is 2. The number of hydrogen-bond donors (Lipinski definition) is 0. The molecule has 1 amide bonds. The number of sulfone groups is 2. The lowest BCUT2D eigenvalue weighted by molar-refractivity contribution is 0.0730. The monoisotopic (exact) mass is 552 g/mol. The topological polar surface area (TPSA) is 101 Å². The van der Waals surface area contributed by atoms with E-state index in [0.29, 0.717) is 31.7 Å². The van der Waals surface area contributed by atoms with Crippen LogP contribution in [0.15, 0.2) is 46.2 Å². The molecule has 37 heavy (non-hydrogen) atoms. The van der Waals surface area contributed by atoms with Crippen molar-refractivity contribution in [2.45, 2.75) is 60.7 Å². The highest BCUT2D eigenvalue weighted by atomic mass is 32.2. The van der Waals surface area contributed by atoms with Crippen LogP contribution in [0.4, 0.5) is 10.1 Å². The van der Waals surface area contributed by atoms with Crippen molar-refractivity contribution >= 4 is 31.3 Å². The van der Waals surface area contributed by atoms with E-state index in [0.717, 1.165) is 18.7 Å². The summed E-state index contributed by atoms with van der Waals surface area (Å²) >= 11 is 0. The summed E-state index contributed by atoms with van der Waals surface area (Å²) in [6, 6.07) is 8.29. The second-order valence-electron chi connectivity index (χ2n) is 10.6. The van der Waals surface area contributed by atoms with Gasteiger partial charge in [0.15, 0.2) is 19.7 Å². The third-order valence-corrected chi connectivity index (χ3v) is 10.0. The molecular formula is C26H33FN2O6S2. The van der Waals surface area contributed by atoms with Gasteiger partial charge in [-0.25, -0.2) is 21.2 Å². The molecule has 0 N–H and O–H groups in total. The largest absolute Gasteiger partial charge is 0.487 e. The van der Waals surface area contributed by atoms with E-state index in [1.165, 1.54) is 30.3 Å². The molecular weight excluding hydrogens is 519 g/mol. The molecule has 2 fully saturated rings. The van der Waals surface area contributed by atoms with Crippen LogP contribution >= 0.6 is 0 Å². The highest BCUT2D eigenvalue weighted by Crippen LogP contribution is 2.33. The van der Waals surface area contributed by atoms with Crippen LogP contribution in [0.3, 0.4) is 0 Å². The summed E-state index contributed by atoms with van der Waals surface area (Å²) in [5.74, 6) is -0.685. The van der Waals surface area contributed by atoms with Crippen molar-refractivity contribution in [1.29, 1.82) is 0 Å². The highest BCUT2D eigenvalue weighted by molar-refractivity contribution is 7.92. The van der Waals surface area contributed by atoms with Crippen LogP contribution in [0.5, 0.6) is 5.75 Å². The Morgan fingerprint density at radius 3 is 2.08 bits per heavy atom. The van der Waals surface area contributed by atoms with Crippen molar-refractivity contribution in [3.8, 4) is 5.75 Å². The number of benzene rings is 2. The van der Waals surface area contributed by atoms with E-state index in [1.54, 1.807) is 9.80 Å². The molecule has 0 radical (unpaired) electrons. The maximum absolute atomic E-state index is 15.0. The minimum absolute atomic E-state index is 0.00407. The molecule has 0 bridgehead atoms. The molecule has 2 aliphatic rings. The summed E-state index contributed by atoms with van der Waals surface area (Å²) in [7, 11) is -7.06. The summed E-state index contributed by atoms with van der Waals surface area (Å²) in [5, 5.41) is -0.430. The minimum Gasteiger partial charge on any atom is -0.487 e. The zero-order valence-electron chi connectivity index (χ0n) is 21.5. The number of ether oxygens (including phenoxy) is 1. The van der Waals surface area contributed by atoms with Crippen molar-refractivity contribution in [1.82, 2.24) is 4.90 Å². The van der Waals surface area contributed by atoms with Crippen LogP contribution < -0.4 is 9.64 Å². The van der Waals surface area contributed by atoms with Crippen LogP contribution in [-0.2, 0) is 19.7 Å². The van der Waals surface area contributed by atoms with Crippen molar-refractivity contribution in [3.63, 3.8) is 0 Å². The first-order valence-corrected chi connectivity index (χ1v) is 15.7. The first-order valence-electron chi connectivity index (χ1n) is 12.3. The van der Waals surface area contributed by atoms with E-state index in [-0.39, 0.29) is 40.0 Å². The van der Waals surface area contributed by atoms with Gasteiger partial charge >= 0.3 is 0 Å². The summed E-state index contributed by atoms with van der Waals surface area (Å²) in [6.45, 7) is 6.72. The number of rotatable bonds is 6. The molecule has 1 saturated heterocycles. The predicted molar refractivity (Wildman–Crippen MR) is 139 cm³/mol. The Balaban J connectivity index is 1.51.